The number of nitro benzene ring substituents is 1. The van der Waals surface area contributed by atoms with Crippen LogP contribution in [0, 0.1) is 15.5 Å². The number of aliphatic hydroxyl groups excluding tert-OH is 1. The minimum Gasteiger partial charge on any atom is -0.396 e. The smallest absolute Gasteiger partial charge is 0.274 e. The van der Waals surface area contributed by atoms with E-state index in [4.69, 9.17) is 0 Å². The molecule has 112 valence electrons. The number of hydrogen-bond acceptors (Lipinski definition) is 4. The Morgan fingerprint density at radius 3 is 2.40 bits per heavy atom. The van der Waals surface area contributed by atoms with Crippen LogP contribution in [0.4, 0.5) is 11.4 Å². The van der Waals surface area contributed by atoms with Crippen molar-refractivity contribution in [3.8, 4) is 0 Å². The van der Waals surface area contributed by atoms with Gasteiger partial charge in [-0.3, -0.25) is 10.1 Å². The van der Waals surface area contributed by atoms with Gasteiger partial charge < -0.3 is 10.4 Å². The van der Waals surface area contributed by atoms with Crippen LogP contribution < -0.4 is 5.32 Å². The van der Waals surface area contributed by atoms with Gasteiger partial charge in [-0.1, -0.05) is 26.8 Å². The first kappa shape index (κ1) is 16.4. The Labute approximate surface area is 120 Å². The number of rotatable bonds is 8. The number of benzene rings is 1. The third-order valence-corrected chi connectivity index (χ3v) is 4.17. The predicted molar refractivity (Wildman–Crippen MR) is 81.1 cm³/mol. The molecule has 0 bridgehead atoms. The molecule has 0 heterocycles. The van der Waals surface area contributed by atoms with Crippen LogP contribution in [0.5, 0.6) is 0 Å². The van der Waals surface area contributed by atoms with Crippen molar-refractivity contribution in [3.63, 3.8) is 0 Å². The molecule has 0 aliphatic heterocycles. The van der Waals surface area contributed by atoms with Gasteiger partial charge in [-0.2, -0.15) is 0 Å². The van der Waals surface area contributed by atoms with Gasteiger partial charge in [0.2, 0.25) is 0 Å². The molecule has 0 aromatic heterocycles. The molecule has 1 aromatic carbocycles. The molecule has 0 saturated heterocycles. The fourth-order valence-electron chi connectivity index (χ4n) is 2.21. The highest BCUT2D eigenvalue weighted by Gasteiger charge is 2.25. The molecule has 0 fully saturated rings. The fraction of sp³-hybridized carbons (Fsp3) is 0.600. The van der Waals surface area contributed by atoms with E-state index in [0.717, 1.165) is 24.1 Å². The van der Waals surface area contributed by atoms with Gasteiger partial charge >= 0.3 is 0 Å². The Hall–Kier alpha value is -1.62. The zero-order chi connectivity index (χ0) is 15.2. The molecule has 2 N–H and O–H groups in total. The van der Waals surface area contributed by atoms with Crippen molar-refractivity contribution in [2.75, 3.05) is 18.5 Å². The fourth-order valence-corrected chi connectivity index (χ4v) is 2.21. The van der Waals surface area contributed by atoms with Crippen molar-refractivity contribution in [1.82, 2.24) is 0 Å². The standard InChI is InChI=1S/C15H24N2O3/c1-4-12-7-8-13(9-14(12)17(19)20)16-10-15(5-2,6-3)11-18/h7-9,16,18H,4-6,10-11H2,1-3H3. The van der Waals surface area contributed by atoms with E-state index in [-0.39, 0.29) is 22.6 Å². The van der Waals surface area contributed by atoms with Crippen LogP contribution in [0.15, 0.2) is 18.2 Å². The first-order valence-corrected chi connectivity index (χ1v) is 7.14. The van der Waals surface area contributed by atoms with Gasteiger partial charge in [0.1, 0.15) is 0 Å². The molecule has 0 unspecified atom stereocenters. The molecule has 0 radical (unpaired) electrons. The molecular weight excluding hydrogens is 256 g/mol. The second-order valence-electron chi connectivity index (χ2n) is 5.17. The molecule has 0 aliphatic carbocycles. The lowest BCUT2D eigenvalue weighted by atomic mass is 9.83. The van der Waals surface area contributed by atoms with Gasteiger partial charge in [0.05, 0.1) is 11.5 Å². The molecule has 5 heteroatoms. The summed E-state index contributed by atoms with van der Waals surface area (Å²) in [5.41, 5.74) is 1.45. The lowest BCUT2D eigenvalue weighted by molar-refractivity contribution is -0.385. The highest BCUT2D eigenvalue weighted by Crippen LogP contribution is 2.28. The summed E-state index contributed by atoms with van der Waals surface area (Å²) >= 11 is 0. The van der Waals surface area contributed by atoms with Crippen LogP contribution >= 0.6 is 0 Å². The van der Waals surface area contributed by atoms with E-state index in [2.05, 4.69) is 5.32 Å². The molecular formula is C15H24N2O3. The Balaban J connectivity index is 2.88. The van der Waals surface area contributed by atoms with Gasteiger partial charge in [0.15, 0.2) is 0 Å². The summed E-state index contributed by atoms with van der Waals surface area (Å²) in [7, 11) is 0. The number of nitrogens with one attached hydrogen (secondary N) is 1. The molecule has 5 nitrogen and oxygen atoms in total. The quantitative estimate of drug-likeness (QED) is 0.565. The van der Waals surface area contributed by atoms with Gasteiger partial charge in [-0.05, 0) is 25.3 Å². The number of nitrogens with zero attached hydrogens (tertiary/aromatic N) is 1. The summed E-state index contributed by atoms with van der Waals surface area (Å²) in [6.07, 6.45) is 2.37. The molecule has 1 rings (SSSR count). The summed E-state index contributed by atoms with van der Waals surface area (Å²) in [6.45, 7) is 6.72. The van der Waals surface area contributed by atoms with Crippen molar-refractivity contribution < 1.29 is 10.0 Å². The maximum Gasteiger partial charge on any atom is 0.274 e. The zero-order valence-electron chi connectivity index (χ0n) is 12.5. The minimum atomic E-state index is -0.344. The van der Waals surface area contributed by atoms with Crippen LogP contribution in [0.1, 0.15) is 39.2 Å². The van der Waals surface area contributed by atoms with Gasteiger partial charge in [0, 0.05) is 29.3 Å². The highest BCUT2D eigenvalue weighted by atomic mass is 16.6. The average Bonchev–Trinajstić information content (AvgIpc) is 2.49. The van der Waals surface area contributed by atoms with Crippen molar-refractivity contribution >= 4 is 11.4 Å². The van der Waals surface area contributed by atoms with Crippen molar-refractivity contribution in [2.24, 2.45) is 5.41 Å². The van der Waals surface area contributed by atoms with E-state index >= 15 is 0 Å². The van der Waals surface area contributed by atoms with Crippen molar-refractivity contribution in [2.45, 2.75) is 40.0 Å². The van der Waals surface area contributed by atoms with Crippen LogP contribution in [0.25, 0.3) is 0 Å². The molecule has 20 heavy (non-hydrogen) atoms. The Kier molecular flexibility index (Phi) is 5.95. The summed E-state index contributed by atoms with van der Waals surface area (Å²) in [4.78, 5) is 10.7. The van der Waals surface area contributed by atoms with Crippen LogP contribution in [0.2, 0.25) is 0 Å². The summed E-state index contributed by atoms with van der Waals surface area (Å²) < 4.78 is 0. The Morgan fingerprint density at radius 2 is 1.95 bits per heavy atom. The molecule has 0 aliphatic rings. The van der Waals surface area contributed by atoms with E-state index in [1.165, 1.54) is 0 Å². The first-order chi connectivity index (χ1) is 9.51. The van der Waals surface area contributed by atoms with E-state index in [1.807, 2.05) is 26.8 Å². The predicted octanol–water partition coefficient (Wildman–Crippen LogP) is 3.37. The number of anilines is 1. The molecule has 0 saturated carbocycles. The van der Waals surface area contributed by atoms with Crippen LogP contribution in [-0.4, -0.2) is 23.2 Å². The van der Waals surface area contributed by atoms with Crippen LogP contribution in [0.3, 0.4) is 0 Å². The minimum absolute atomic E-state index is 0.113. The van der Waals surface area contributed by atoms with Crippen molar-refractivity contribution in [3.05, 3.63) is 33.9 Å². The topological polar surface area (TPSA) is 75.4 Å². The lowest BCUT2D eigenvalue weighted by Gasteiger charge is -2.30. The largest absolute Gasteiger partial charge is 0.396 e. The summed E-state index contributed by atoms with van der Waals surface area (Å²) in [5.74, 6) is 0. The summed E-state index contributed by atoms with van der Waals surface area (Å²) in [6, 6.07) is 5.23. The van der Waals surface area contributed by atoms with E-state index in [9.17, 15) is 15.2 Å². The molecule has 0 amide bonds. The first-order valence-electron chi connectivity index (χ1n) is 7.14. The third kappa shape index (κ3) is 3.70. The average molecular weight is 280 g/mol. The number of hydrogen-bond donors (Lipinski definition) is 2. The maximum atomic E-state index is 11.0. The van der Waals surface area contributed by atoms with E-state index in [0.29, 0.717) is 13.0 Å². The summed E-state index contributed by atoms with van der Waals surface area (Å²) in [5, 5.41) is 23.8. The zero-order valence-corrected chi connectivity index (χ0v) is 12.5. The second kappa shape index (κ2) is 7.24. The Bertz CT molecular complexity index is 448. The molecule has 0 atom stereocenters. The number of nitro groups is 1. The third-order valence-electron chi connectivity index (χ3n) is 4.17. The van der Waals surface area contributed by atoms with Crippen molar-refractivity contribution in [1.29, 1.82) is 0 Å². The molecule has 1 aromatic rings. The van der Waals surface area contributed by atoms with Crippen LogP contribution in [-0.2, 0) is 6.42 Å². The second-order valence-corrected chi connectivity index (χ2v) is 5.17. The highest BCUT2D eigenvalue weighted by molar-refractivity contribution is 5.55. The van der Waals surface area contributed by atoms with E-state index in [1.54, 1.807) is 12.1 Å². The number of aryl methyl sites for hydroxylation is 1. The van der Waals surface area contributed by atoms with E-state index < -0.39 is 0 Å². The monoisotopic (exact) mass is 280 g/mol. The Morgan fingerprint density at radius 1 is 1.30 bits per heavy atom. The maximum absolute atomic E-state index is 11.0. The van der Waals surface area contributed by atoms with Gasteiger partial charge in [0.25, 0.3) is 5.69 Å². The molecule has 0 spiro atoms. The normalized spacial score (nSPS) is 11.4. The van der Waals surface area contributed by atoms with Gasteiger partial charge in [-0.15, -0.1) is 0 Å². The number of aliphatic hydroxyl groups is 1. The SMILES string of the molecule is CCc1ccc(NCC(CC)(CC)CO)cc1[N+](=O)[O-]. The lowest BCUT2D eigenvalue weighted by Crippen LogP contribution is -2.32. The van der Waals surface area contributed by atoms with Gasteiger partial charge in [-0.25, -0.2) is 0 Å².